The molecule has 0 saturated heterocycles. The van der Waals surface area contributed by atoms with Crippen LogP contribution in [0.1, 0.15) is 18.7 Å². The fourth-order valence-corrected chi connectivity index (χ4v) is 2.18. The Bertz CT molecular complexity index is 565. The van der Waals surface area contributed by atoms with Gasteiger partial charge in [0.15, 0.2) is 0 Å². The maximum absolute atomic E-state index is 11.9. The summed E-state index contributed by atoms with van der Waals surface area (Å²) in [5.41, 5.74) is 0.424. The molecule has 4 nitrogen and oxygen atoms in total. The summed E-state index contributed by atoms with van der Waals surface area (Å²) in [7, 11) is 0. The summed E-state index contributed by atoms with van der Waals surface area (Å²) >= 11 is 12.0. The van der Waals surface area contributed by atoms with E-state index in [9.17, 15) is 4.79 Å². The number of hydrogen-bond acceptors (Lipinski definition) is 3. The monoisotopic (exact) mass is 312 g/mol. The Labute approximate surface area is 127 Å². The highest BCUT2D eigenvalue weighted by molar-refractivity contribution is 6.39. The van der Waals surface area contributed by atoms with Crippen molar-refractivity contribution < 1.29 is 9.21 Å². The predicted octanol–water partition coefficient (Wildman–Crippen LogP) is 3.88. The number of rotatable bonds is 5. The zero-order valence-corrected chi connectivity index (χ0v) is 12.3. The van der Waals surface area contributed by atoms with E-state index in [1.165, 1.54) is 0 Å². The number of anilines is 1. The van der Waals surface area contributed by atoms with Crippen LogP contribution in [0.5, 0.6) is 0 Å². The molecule has 0 aliphatic carbocycles. The lowest BCUT2D eigenvalue weighted by Crippen LogP contribution is -2.30. The first-order chi connectivity index (χ1) is 9.58. The van der Waals surface area contributed by atoms with Crippen LogP contribution in [-0.4, -0.2) is 12.5 Å². The second kappa shape index (κ2) is 6.79. The van der Waals surface area contributed by atoms with Gasteiger partial charge in [-0.2, -0.15) is 0 Å². The van der Waals surface area contributed by atoms with Crippen molar-refractivity contribution in [3.05, 3.63) is 52.4 Å². The maximum Gasteiger partial charge on any atom is 0.238 e. The van der Waals surface area contributed by atoms with Crippen LogP contribution in [-0.2, 0) is 4.79 Å². The number of nitrogens with one attached hydrogen (secondary N) is 2. The van der Waals surface area contributed by atoms with Crippen molar-refractivity contribution in [1.82, 2.24) is 5.32 Å². The molecule has 1 unspecified atom stereocenters. The molecular weight excluding hydrogens is 299 g/mol. The molecule has 1 aromatic carbocycles. The van der Waals surface area contributed by atoms with E-state index in [1.54, 1.807) is 30.5 Å². The number of hydrogen-bond donors (Lipinski definition) is 2. The first-order valence-corrected chi connectivity index (χ1v) is 6.84. The molecular formula is C14H14Cl2N2O2. The Morgan fingerprint density at radius 1 is 1.25 bits per heavy atom. The van der Waals surface area contributed by atoms with Gasteiger partial charge in [-0.05, 0) is 31.2 Å². The Morgan fingerprint density at radius 2 is 1.95 bits per heavy atom. The Hall–Kier alpha value is -1.49. The number of amides is 1. The van der Waals surface area contributed by atoms with E-state index in [-0.39, 0.29) is 18.5 Å². The van der Waals surface area contributed by atoms with Crippen molar-refractivity contribution in [2.24, 2.45) is 0 Å². The molecule has 0 saturated carbocycles. The molecule has 0 fully saturated rings. The van der Waals surface area contributed by atoms with Crippen LogP contribution in [0.3, 0.4) is 0 Å². The number of carbonyl (C=O) groups excluding carboxylic acids is 1. The highest BCUT2D eigenvalue weighted by Crippen LogP contribution is 2.29. The second-order valence-electron chi connectivity index (χ2n) is 4.26. The summed E-state index contributed by atoms with van der Waals surface area (Å²) in [6.07, 6.45) is 1.59. The average molecular weight is 313 g/mol. The lowest BCUT2D eigenvalue weighted by atomic mass is 10.2. The fourth-order valence-electron chi connectivity index (χ4n) is 1.68. The fraction of sp³-hybridized carbons (Fsp3) is 0.214. The zero-order chi connectivity index (χ0) is 14.5. The van der Waals surface area contributed by atoms with E-state index >= 15 is 0 Å². The Balaban J connectivity index is 1.90. The first-order valence-electron chi connectivity index (χ1n) is 6.08. The van der Waals surface area contributed by atoms with Gasteiger partial charge >= 0.3 is 0 Å². The molecule has 2 rings (SSSR count). The summed E-state index contributed by atoms with van der Waals surface area (Å²) < 4.78 is 5.25. The van der Waals surface area contributed by atoms with Crippen LogP contribution < -0.4 is 10.6 Å². The Morgan fingerprint density at radius 3 is 2.55 bits per heavy atom. The average Bonchev–Trinajstić information content (AvgIpc) is 2.94. The molecule has 0 aliphatic rings. The largest absolute Gasteiger partial charge is 0.468 e. The summed E-state index contributed by atoms with van der Waals surface area (Å²) in [5, 5.41) is 6.55. The van der Waals surface area contributed by atoms with Gasteiger partial charge in [-0.15, -0.1) is 0 Å². The van der Waals surface area contributed by atoms with Crippen LogP contribution in [0.4, 0.5) is 5.69 Å². The van der Waals surface area contributed by atoms with Gasteiger partial charge in [0.05, 0.1) is 34.6 Å². The molecule has 1 atom stereocenters. The minimum Gasteiger partial charge on any atom is -0.468 e. The number of benzene rings is 1. The van der Waals surface area contributed by atoms with Crippen LogP contribution in [0.15, 0.2) is 41.0 Å². The third-order valence-electron chi connectivity index (χ3n) is 2.77. The van der Waals surface area contributed by atoms with Gasteiger partial charge < -0.3 is 9.73 Å². The highest BCUT2D eigenvalue weighted by Gasteiger charge is 2.12. The number of furan rings is 1. The number of para-hydroxylation sites is 1. The summed E-state index contributed by atoms with van der Waals surface area (Å²) in [6, 6.07) is 8.65. The van der Waals surface area contributed by atoms with Crippen molar-refractivity contribution in [1.29, 1.82) is 0 Å². The van der Waals surface area contributed by atoms with Crippen LogP contribution >= 0.6 is 23.2 Å². The quantitative estimate of drug-likeness (QED) is 0.881. The lowest BCUT2D eigenvalue weighted by Gasteiger charge is -2.12. The summed E-state index contributed by atoms with van der Waals surface area (Å²) in [6.45, 7) is 2.04. The van der Waals surface area contributed by atoms with Crippen molar-refractivity contribution in [3.63, 3.8) is 0 Å². The van der Waals surface area contributed by atoms with Gasteiger partial charge in [-0.1, -0.05) is 29.3 Å². The van der Waals surface area contributed by atoms with Crippen molar-refractivity contribution in [3.8, 4) is 0 Å². The molecule has 6 heteroatoms. The standard InChI is InChI=1S/C14H14Cl2N2O2/c1-9(12-6-3-7-20-12)17-8-13(19)18-14-10(15)4-2-5-11(14)16/h2-7,9,17H,8H2,1H3,(H,18,19). The molecule has 0 radical (unpaired) electrons. The maximum atomic E-state index is 11.9. The van der Waals surface area contributed by atoms with E-state index in [1.807, 2.05) is 13.0 Å². The van der Waals surface area contributed by atoms with Gasteiger partial charge in [-0.3, -0.25) is 10.1 Å². The van der Waals surface area contributed by atoms with Crippen LogP contribution in [0.2, 0.25) is 10.0 Å². The minimum atomic E-state index is -0.224. The van der Waals surface area contributed by atoms with E-state index < -0.39 is 0 Å². The van der Waals surface area contributed by atoms with Gasteiger partial charge in [0.2, 0.25) is 5.91 Å². The molecule has 0 spiro atoms. The predicted molar refractivity (Wildman–Crippen MR) is 80.2 cm³/mol. The molecule has 106 valence electrons. The number of halogens is 2. The van der Waals surface area contributed by atoms with E-state index in [2.05, 4.69) is 10.6 Å². The molecule has 1 heterocycles. The molecule has 1 aromatic heterocycles. The van der Waals surface area contributed by atoms with E-state index in [4.69, 9.17) is 27.6 Å². The van der Waals surface area contributed by atoms with Gasteiger partial charge in [0.25, 0.3) is 0 Å². The number of carbonyl (C=O) groups is 1. The minimum absolute atomic E-state index is 0.0579. The normalized spacial score (nSPS) is 12.2. The molecule has 2 N–H and O–H groups in total. The van der Waals surface area contributed by atoms with Gasteiger partial charge in [0.1, 0.15) is 5.76 Å². The third-order valence-corrected chi connectivity index (χ3v) is 3.40. The third kappa shape index (κ3) is 3.76. The zero-order valence-electron chi connectivity index (χ0n) is 10.8. The molecule has 1 amide bonds. The van der Waals surface area contributed by atoms with E-state index in [0.717, 1.165) is 5.76 Å². The van der Waals surface area contributed by atoms with Gasteiger partial charge in [0, 0.05) is 0 Å². The van der Waals surface area contributed by atoms with Crippen molar-refractivity contribution >= 4 is 34.8 Å². The Kier molecular flexibility index (Phi) is 5.06. The molecule has 20 heavy (non-hydrogen) atoms. The summed E-state index contributed by atoms with van der Waals surface area (Å²) in [4.78, 5) is 11.9. The second-order valence-corrected chi connectivity index (χ2v) is 5.08. The molecule has 2 aromatic rings. The van der Waals surface area contributed by atoms with Gasteiger partial charge in [-0.25, -0.2) is 0 Å². The smallest absolute Gasteiger partial charge is 0.238 e. The van der Waals surface area contributed by atoms with Crippen LogP contribution in [0.25, 0.3) is 0 Å². The van der Waals surface area contributed by atoms with E-state index in [0.29, 0.717) is 15.7 Å². The molecule has 0 aliphatic heterocycles. The molecule has 0 bridgehead atoms. The van der Waals surface area contributed by atoms with Crippen LogP contribution in [0, 0.1) is 0 Å². The first kappa shape index (κ1) is 14.9. The highest BCUT2D eigenvalue weighted by atomic mass is 35.5. The SMILES string of the molecule is CC(NCC(=O)Nc1c(Cl)cccc1Cl)c1ccco1. The van der Waals surface area contributed by atoms with Crippen molar-refractivity contribution in [2.45, 2.75) is 13.0 Å². The topological polar surface area (TPSA) is 54.3 Å². The lowest BCUT2D eigenvalue weighted by molar-refractivity contribution is -0.115. The van der Waals surface area contributed by atoms with Crippen molar-refractivity contribution in [2.75, 3.05) is 11.9 Å². The summed E-state index contributed by atoms with van der Waals surface area (Å²) in [5.74, 6) is 0.548.